The molecule has 3 aromatic carbocycles. The number of aromatic amines is 1. The molecule has 312 valence electrons. The summed E-state index contributed by atoms with van der Waals surface area (Å²) in [6.45, 7) is 7.84. The number of carbonyl (C=O) groups excluding carboxylic acids is 4. The van der Waals surface area contributed by atoms with Crippen molar-refractivity contribution in [3.63, 3.8) is 0 Å². The minimum Gasteiger partial charge on any atom is -0.357 e. The van der Waals surface area contributed by atoms with Crippen LogP contribution in [0.4, 0.5) is 17.6 Å². The van der Waals surface area contributed by atoms with Gasteiger partial charge in [-0.05, 0) is 104 Å². The molecular formula is C46H46F4N6O4. The molecule has 2 N–H and O–H groups in total. The molecule has 2 saturated heterocycles. The summed E-state index contributed by atoms with van der Waals surface area (Å²) in [7, 11) is 0. The third-order valence-electron chi connectivity index (χ3n) is 14.1. The summed E-state index contributed by atoms with van der Waals surface area (Å²) in [5.41, 5.74) is 6.33. The van der Waals surface area contributed by atoms with Gasteiger partial charge in [0.05, 0.1) is 12.6 Å². The second-order valence-electron chi connectivity index (χ2n) is 17.6. The molecule has 5 aliphatic heterocycles. The SMILES string of the molecule is C=C1c2cc3c(cc2C(=O)N1C1CCC(=O)NC1=O)CN(C1CN(C(=O)C2CCC(c4cc(F)c([C@@H]5c6[nH]c7ccccc7c6C[C@@H](C)N5CC(F)F)c(F)c4)CC2)C1)C3. The fraction of sp³-hybridized carbons (Fsp3) is 0.435. The summed E-state index contributed by atoms with van der Waals surface area (Å²) in [5.74, 6) is -2.83. The number of rotatable bonds is 7. The van der Waals surface area contributed by atoms with E-state index in [0.29, 0.717) is 86.4 Å². The predicted molar refractivity (Wildman–Crippen MR) is 215 cm³/mol. The molecule has 0 spiro atoms. The zero-order valence-corrected chi connectivity index (χ0v) is 33.3. The van der Waals surface area contributed by atoms with Crippen molar-refractivity contribution in [3.8, 4) is 0 Å². The molecule has 1 saturated carbocycles. The highest BCUT2D eigenvalue weighted by atomic mass is 19.3. The van der Waals surface area contributed by atoms with Gasteiger partial charge in [-0.15, -0.1) is 0 Å². The lowest BCUT2D eigenvalue weighted by molar-refractivity contribution is -0.144. The van der Waals surface area contributed by atoms with Crippen molar-refractivity contribution in [1.29, 1.82) is 0 Å². The molecule has 0 bridgehead atoms. The van der Waals surface area contributed by atoms with E-state index in [2.05, 4.69) is 21.8 Å². The van der Waals surface area contributed by atoms with Gasteiger partial charge < -0.3 is 9.88 Å². The summed E-state index contributed by atoms with van der Waals surface area (Å²) in [6.07, 6.45) is 0.634. The van der Waals surface area contributed by atoms with Crippen LogP contribution >= 0.6 is 0 Å². The van der Waals surface area contributed by atoms with E-state index in [1.807, 2.05) is 48.2 Å². The quantitative estimate of drug-likeness (QED) is 0.157. The van der Waals surface area contributed by atoms with Gasteiger partial charge in [-0.1, -0.05) is 24.8 Å². The van der Waals surface area contributed by atoms with E-state index in [4.69, 9.17) is 0 Å². The topological polar surface area (TPSA) is 109 Å². The number of imide groups is 1. The summed E-state index contributed by atoms with van der Waals surface area (Å²) < 4.78 is 60.4. The van der Waals surface area contributed by atoms with Crippen molar-refractivity contribution < 1.29 is 36.7 Å². The molecule has 10 nitrogen and oxygen atoms in total. The Kier molecular flexibility index (Phi) is 9.51. The van der Waals surface area contributed by atoms with Crippen LogP contribution in [0.5, 0.6) is 0 Å². The van der Waals surface area contributed by atoms with E-state index in [1.165, 1.54) is 21.9 Å². The molecule has 1 unspecified atom stereocenters. The first-order valence-electron chi connectivity index (χ1n) is 21.0. The molecule has 6 aliphatic rings. The minimum atomic E-state index is -2.68. The summed E-state index contributed by atoms with van der Waals surface area (Å²) in [6, 6.07) is 12.2. The van der Waals surface area contributed by atoms with E-state index in [9.17, 15) is 28.0 Å². The number of aromatic nitrogens is 1. The normalized spacial score (nSPS) is 26.1. The minimum absolute atomic E-state index is 0.100. The molecule has 4 amide bonds. The number of nitrogens with zero attached hydrogens (tertiary/aromatic N) is 4. The van der Waals surface area contributed by atoms with Crippen molar-refractivity contribution in [1.82, 2.24) is 29.9 Å². The first-order chi connectivity index (χ1) is 28.8. The van der Waals surface area contributed by atoms with Crippen LogP contribution in [-0.4, -0.2) is 92.4 Å². The molecule has 3 atom stereocenters. The standard InChI is InChI=1S/C46H46F4N6O4/c1-23-13-33-31-5-3-4-6-37(31)51-42(33)43(55(23)22-39(49)50)41-35(47)16-27(17-36(41)48)25-7-9-26(10-8-25)45(59)54-20-30(21-54)53-18-28-14-32-24(2)56(38-11-12-40(57)52-44(38)58)46(60)34(32)15-29(28)19-53/h3-6,14-17,23,25-26,30,38-39,43,51H,2,7-13,18-22H2,1H3,(H,52,57,58)/t23-,25?,26?,38?,43-/m1/s1. The molecule has 4 aromatic rings. The van der Waals surface area contributed by atoms with E-state index < -0.39 is 42.6 Å². The molecular weight excluding hydrogens is 777 g/mol. The summed E-state index contributed by atoms with van der Waals surface area (Å²) >= 11 is 0. The number of halogens is 4. The number of hydrogen-bond acceptors (Lipinski definition) is 6. The fourth-order valence-electron chi connectivity index (χ4n) is 11.0. The molecule has 3 fully saturated rings. The van der Waals surface area contributed by atoms with Gasteiger partial charge in [-0.3, -0.25) is 39.2 Å². The Hall–Kier alpha value is -5.34. The number of fused-ring (bicyclic) bond motifs is 5. The van der Waals surface area contributed by atoms with Gasteiger partial charge in [-0.25, -0.2) is 17.6 Å². The Morgan fingerprint density at radius 1 is 0.917 bits per heavy atom. The fourth-order valence-corrected chi connectivity index (χ4v) is 11.0. The number of alkyl halides is 2. The average molecular weight is 823 g/mol. The number of amides is 4. The summed E-state index contributed by atoms with van der Waals surface area (Å²) in [5, 5.41) is 3.25. The Bertz CT molecular complexity index is 2420. The second kappa shape index (κ2) is 14.7. The van der Waals surface area contributed by atoms with E-state index >= 15 is 8.78 Å². The first kappa shape index (κ1) is 38.8. The zero-order chi connectivity index (χ0) is 41.7. The molecule has 1 aliphatic carbocycles. The Labute approximate surface area is 344 Å². The van der Waals surface area contributed by atoms with Crippen LogP contribution in [0.1, 0.15) is 107 Å². The number of para-hydroxylation sites is 1. The lowest BCUT2D eigenvalue weighted by Crippen LogP contribution is -2.61. The molecule has 14 heteroatoms. The van der Waals surface area contributed by atoms with Crippen LogP contribution in [0.3, 0.4) is 0 Å². The van der Waals surface area contributed by atoms with E-state index in [0.717, 1.165) is 27.6 Å². The van der Waals surface area contributed by atoms with Crippen molar-refractivity contribution in [2.45, 2.75) is 101 Å². The van der Waals surface area contributed by atoms with Gasteiger partial charge in [0.15, 0.2) is 0 Å². The van der Waals surface area contributed by atoms with E-state index in [-0.39, 0.29) is 60.0 Å². The molecule has 0 radical (unpaired) electrons. The van der Waals surface area contributed by atoms with Gasteiger partial charge in [0, 0.05) is 89.6 Å². The van der Waals surface area contributed by atoms with Gasteiger partial charge >= 0.3 is 0 Å². The lowest BCUT2D eigenvalue weighted by atomic mass is 9.77. The number of H-pyrrole nitrogens is 1. The van der Waals surface area contributed by atoms with Gasteiger partial charge in [-0.2, -0.15) is 0 Å². The number of carbonyl (C=O) groups is 4. The van der Waals surface area contributed by atoms with Gasteiger partial charge in [0.25, 0.3) is 12.3 Å². The maximum Gasteiger partial charge on any atom is 0.259 e. The molecule has 10 rings (SSSR count). The van der Waals surface area contributed by atoms with Crippen LogP contribution in [0, 0.1) is 17.6 Å². The highest BCUT2D eigenvalue weighted by Crippen LogP contribution is 2.45. The third-order valence-corrected chi connectivity index (χ3v) is 14.1. The largest absolute Gasteiger partial charge is 0.357 e. The summed E-state index contributed by atoms with van der Waals surface area (Å²) in [4.78, 5) is 61.9. The van der Waals surface area contributed by atoms with E-state index in [1.54, 1.807) is 0 Å². The van der Waals surface area contributed by atoms with Crippen LogP contribution in [0.2, 0.25) is 0 Å². The number of nitrogens with one attached hydrogen (secondary N) is 2. The smallest absolute Gasteiger partial charge is 0.259 e. The molecule has 6 heterocycles. The lowest BCUT2D eigenvalue weighted by Gasteiger charge is -2.46. The monoisotopic (exact) mass is 822 g/mol. The van der Waals surface area contributed by atoms with Crippen molar-refractivity contribution in [3.05, 3.63) is 111 Å². The molecule has 60 heavy (non-hydrogen) atoms. The highest BCUT2D eigenvalue weighted by molar-refractivity contribution is 6.12. The number of likely N-dealkylation sites (tertiary alicyclic amines) is 1. The van der Waals surface area contributed by atoms with Crippen LogP contribution < -0.4 is 5.32 Å². The Morgan fingerprint density at radius 2 is 1.60 bits per heavy atom. The average Bonchev–Trinajstić information content (AvgIpc) is 3.85. The van der Waals surface area contributed by atoms with Crippen molar-refractivity contribution in [2.75, 3.05) is 19.6 Å². The molecule has 1 aromatic heterocycles. The van der Waals surface area contributed by atoms with Crippen LogP contribution in [0.25, 0.3) is 16.6 Å². The highest BCUT2D eigenvalue weighted by Gasteiger charge is 2.45. The van der Waals surface area contributed by atoms with Crippen molar-refractivity contribution in [2.24, 2.45) is 5.92 Å². The van der Waals surface area contributed by atoms with Gasteiger partial charge in [0.2, 0.25) is 17.7 Å². The number of piperidine rings is 1. The first-order valence-corrected chi connectivity index (χ1v) is 21.0. The number of hydrogen-bond donors (Lipinski definition) is 2. The maximum absolute atomic E-state index is 16.3. The zero-order valence-electron chi connectivity index (χ0n) is 33.3. The second-order valence-corrected chi connectivity index (χ2v) is 17.6. The van der Waals surface area contributed by atoms with Crippen LogP contribution in [0.15, 0.2) is 55.1 Å². The number of benzene rings is 3. The maximum atomic E-state index is 16.3. The van der Waals surface area contributed by atoms with Crippen LogP contribution in [-0.2, 0) is 33.9 Å². The Balaban J connectivity index is 0.766. The Morgan fingerprint density at radius 3 is 2.28 bits per heavy atom. The third kappa shape index (κ3) is 6.36. The van der Waals surface area contributed by atoms with Gasteiger partial charge in [0.1, 0.15) is 17.7 Å². The predicted octanol–water partition coefficient (Wildman–Crippen LogP) is 6.78. The van der Waals surface area contributed by atoms with Crippen molar-refractivity contribution >= 4 is 40.2 Å².